The number of thiazole rings is 1. The molecule has 0 spiro atoms. The van der Waals surface area contributed by atoms with Crippen molar-refractivity contribution in [3.8, 4) is 0 Å². The van der Waals surface area contributed by atoms with Crippen LogP contribution in [0.1, 0.15) is 32.6 Å². The van der Waals surface area contributed by atoms with Crippen LogP contribution in [0, 0.1) is 11.8 Å². The monoisotopic (exact) mass is 225 g/mol. The highest BCUT2D eigenvalue weighted by atomic mass is 32.1. The van der Waals surface area contributed by atoms with E-state index in [1.165, 1.54) is 37.0 Å². The second kappa shape index (κ2) is 4.84. The Bertz CT molecular complexity index is 303. The number of nitrogens with two attached hydrogens (primary N) is 1. The molecule has 2 rings (SSSR count). The Kier molecular flexibility index (Phi) is 3.46. The van der Waals surface area contributed by atoms with E-state index in [0.29, 0.717) is 0 Å². The molecule has 0 unspecified atom stereocenters. The first kappa shape index (κ1) is 10.7. The molecule has 1 aliphatic rings. The first-order valence-electron chi connectivity index (χ1n) is 5.69. The summed E-state index contributed by atoms with van der Waals surface area (Å²) in [5.41, 5.74) is 5.62. The molecule has 1 saturated carbocycles. The number of rotatable bonds is 3. The molecule has 0 radical (unpaired) electrons. The third-order valence-corrected chi connectivity index (χ3v) is 3.99. The van der Waals surface area contributed by atoms with Crippen LogP contribution >= 0.6 is 11.3 Å². The molecule has 0 aliphatic heterocycles. The number of aromatic nitrogens is 1. The van der Waals surface area contributed by atoms with Crippen LogP contribution in [-0.4, -0.2) is 11.5 Å². The van der Waals surface area contributed by atoms with Gasteiger partial charge >= 0.3 is 0 Å². The van der Waals surface area contributed by atoms with Crippen LogP contribution in [0.4, 0.5) is 10.1 Å². The second-order valence-electron chi connectivity index (χ2n) is 4.57. The summed E-state index contributed by atoms with van der Waals surface area (Å²) >= 11 is 1.53. The van der Waals surface area contributed by atoms with Crippen LogP contribution in [0.5, 0.6) is 0 Å². The standard InChI is InChI=1S/C11H19N3S/c1-8-2-4-9(5-3-8)6-13-11-14-7-10(12)15-11/h7-9H,2-6,12H2,1H3,(H,13,14). The summed E-state index contributed by atoms with van der Waals surface area (Å²) < 4.78 is 0. The second-order valence-corrected chi connectivity index (χ2v) is 5.64. The predicted octanol–water partition coefficient (Wildman–Crippen LogP) is 2.96. The number of nitrogen functional groups attached to an aromatic ring is 1. The van der Waals surface area contributed by atoms with Crippen molar-refractivity contribution in [3.63, 3.8) is 0 Å². The van der Waals surface area contributed by atoms with Gasteiger partial charge in [0.25, 0.3) is 0 Å². The lowest BCUT2D eigenvalue weighted by atomic mass is 9.83. The molecule has 0 atom stereocenters. The van der Waals surface area contributed by atoms with E-state index in [1.807, 2.05) is 0 Å². The van der Waals surface area contributed by atoms with E-state index in [9.17, 15) is 0 Å². The highest BCUT2D eigenvalue weighted by molar-refractivity contribution is 7.19. The van der Waals surface area contributed by atoms with Crippen LogP contribution in [-0.2, 0) is 0 Å². The molecule has 0 bridgehead atoms. The minimum atomic E-state index is 0.787. The van der Waals surface area contributed by atoms with Crippen molar-refractivity contribution in [1.29, 1.82) is 0 Å². The summed E-state index contributed by atoms with van der Waals surface area (Å²) in [5, 5.41) is 5.13. The van der Waals surface area contributed by atoms with Crippen molar-refractivity contribution in [2.75, 3.05) is 17.6 Å². The highest BCUT2D eigenvalue weighted by Gasteiger charge is 2.17. The van der Waals surface area contributed by atoms with E-state index in [-0.39, 0.29) is 0 Å². The van der Waals surface area contributed by atoms with Crippen LogP contribution in [0.15, 0.2) is 6.20 Å². The molecular formula is C11H19N3S. The SMILES string of the molecule is CC1CCC(CNc2ncc(N)s2)CC1. The lowest BCUT2D eigenvalue weighted by molar-refractivity contribution is 0.300. The molecule has 0 saturated heterocycles. The van der Waals surface area contributed by atoms with Gasteiger partial charge in [-0.05, 0) is 24.7 Å². The van der Waals surface area contributed by atoms with Gasteiger partial charge in [-0.15, -0.1) is 0 Å². The molecule has 1 heterocycles. The van der Waals surface area contributed by atoms with Gasteiger partial charge in [-0.2, -0.15) is 0 Å². The van der Waals surface area contributed by atoms with E-state index in [1.54, 1.807) is 6.20 Å². The number of hydrogen-bond donors (Lipinski definition) is 2. The Morgan fingerprint density at radius 1 is 1.47 bits per heavy atom. The van der Waals surface area contributed by atoms with Crippen molar-refractivity contribution < 1.29 is 0 Å². The molecule has 0 aromatic carbocycles. The van der Waals surface area contributed by atoms with Gasteiger partial charge in [-0.3, -0.25) is 0 Å². The van der Waals surface area contributed by atoms with Crippen LogP contribution in [0.3, 0.4) is 0 Å². The topological polar surface area (TPSA) is 50.9 Å². The average molecular weight is 225 g/mol. The van der Waals surface area contributed by atoms with Gasteiger partial charge in [0, 0.05) is 6.54 Å². The van der Waals surface area contributed by atoms with Gasteiger partial charge in [-0.1, -0.05) is 31.1 Å². The molecule has 1 aliphatic carbocycles. The lowest BCUT2D eigenvalue weighted by Crippen LogP contribution is -2.20. The maximum absolute atomic E-state index is 5.62. The van der Waals surface area contributed by atoms with Gasteiger partial charge in [0.2, 0.25) is 0 Å². The fourth-order valence-electron chi connectivity index (χ4n) is 2.13. The molecule has 4 heteroatoms. The van der Waals surface area contributed by atoms with E-state index in [4.69, 9.17) is 5.73 Å². The lowest BCUT2D eigenvalue weighted by Gasteiger charge is -2.26. The quantitative estimate of drug-likeness (QED) is 0.831. The van der Waals surface area contributed by atoms with E-state index in [2.05, 4.69) is 17.2 Å². The first-order valence-corrected chi connectivity index (χ1v) is 6.51. The van der Waals surface area contributed by atoms with E-state index >= 15 is 0 Å². The normalized spacial score (nSPS) is 26.5. The first-order chi connectivity index (χ1) is 7.24. The summed E-state index contributed by atoms with van der Waals surface area (Å²) in [6.45, 7) is 3.41. The number of nitrogens with zero attached hydrogens (tertiary/aromatic N) is 1. The number of hydrogen-bond acceptors (Lipinski definition) is 4. The molecule has 3 N–H and O–H groups in total. The average Bonchev–Trinajstić information content (AvgIpc) is 2.64. The number of anilines is 2. The molecule has 3 nitrogen and oxygen atoms in total. The van der Waals surface area contributed by atoms with E-state index in [0.717, 1.165) is 28.5 Å². The zero-order valence-corrected chi connectivity index (χ0v) is 10.0. The molecule has 1 aromatic heterocycles. The van der Waals surface area contributed by atoms with Gasteiger partial charge in [0.15, 0.2) is 5.13 Å². The largest absolute Gasteiger partial charge is 0.389 e. The van der Waals surface area contributed by atoms with Gasteiger partial charge in [0.05, 0.1) is 6.20 Å². The molecule has 84 valence electrons. The fraction of sp³-hybridized carbons (Fsp3) is 0.727. The maximum Gasteiger partial charge on any atom is 0.184 e. The van der Waals surface area contributed by atoms with Crippen LogP contribution in [0.2, 0.25) is 0 Å². The van der Waals surface area contributed by atoms with E-state index < -0.39 is 0 Å². The Labute approximate surface area is 95.1 Å². The summed E-state index contributed by atoms with van der Waals surface area (Å²) in [7, 11) is 0. The summed E-state index contributed by atoms with van der Waals surface area (Å²) in [5.74, 6) is 1.75. The molecule has 1 fully saturated rings. The third kappa shape index (κ3) is 3.09. The van der Waals surface area contributed by atoms with Crippen molar-refractivity contribution in [2.24, 2.45) is 11.8 Å². The molecule has 1 aromatic rings. The molecular weight excluding hydrogens is 206 g/mol. The van der Waals surface area contributed by atoms with Gasteiger partial charge < -0.3 is 11.1 Å². The zero-order valence-electron chi connectivity index (χ0n) is 9.20. The third-order valence-electron chi connectivity index (χ3n) is 3.20. The summed E-state index contributed by atoms with van der Waals surface area (Å²) in [6.07, 6.45) is 7.19. The minimum absolute atomic E-state index is 0.787. The fourth-order valence-corrected chi connectivity index (χ4v) is 2.72. The predicted molar refractivity (Wildman–Crippen MR) is 66.1 cm³/mol. The summed E-state index contributed by atoms with van der Waals surface area (Å²) in [4.78, 5) is 4.20. The molecule has 0 amide bonds. The highest BCUT2D eigenvalue weighted by Crippen LogP contribution is 2.29. The van der Waals surface area contributed by atoms with Crippen molar-refractivity contribution >= 4 is 21.5 Å². The molecule has 15 heavy (non-hydrogen) atoms. The van der Waals surface area contributed by atoms with Crippen LogP contribution < -0.4 is 11.1 Å². The van der Waals surface area contributed by atoms with Crippen molar-refractivity contribution in [1.82, 2.24) is 4.98 Å². The smallest absolute Gasteiger partial charge is 0.184 e. The maximum atomic E-state index is 5.62. The van der Waals surface area contributed by atoms with Gasteiger partial charge in [0.1, 0.15) is 5.00 Å². The summed E-state index contributed by atoms with van der Waals surface area (Å²) in [6, 6.07) is 0. The Morgan fingerprint density at radius 2 is 2.20 bits per heavy atom. The van der Waals surface area contributed by atoms with Gasteiger partial charge in [-0.25, -0.2) is 4.98 Å². The number of nitrogens with one attached hydrogen (secondary N) is 1. The Morgan fingerprint density at radius 3 is 2.80 bits per heavy atom. The Hall–Kier alpha value is -0.770. The van der Waals surface area contributed by atoms with Crippen LogP contribution in [0.25, 0.3) is 0 Å². The minimum Gasteiger partial charge on any atom is -0.389 e. The van der Waals surface area contributed by atoms with Crippen molar-refractivity contribution in [3.05, 3.63) is 6.20 Å². The Balaban J connectivity index is 1.74. The zero-order chi connectivity index (χ0) is 10.7. The van der Waals surface area contributed by atoms with Crippen molar-refractivity contribution in [2.45, 2.75) is 32.6 Å².